The molecule has 0 aliphatic heterocycles. The second-order valence-electron chi connectivity index (χ2n) is 5.53. The Kier molecular flexibility index (Phi) is 5.59. The van der Waals surface area contributed by atoms with E-state index in [2.05, 4.69) is 9.30 Å². The number of nitrogens with zero attached hydrogens (tertiary/aromatic N) is 1. The van der Waals surface area contributed by atoms with Gasteiger partial charge in [0.05, 0.1) is 12.7 Å². The van der Waals surface area contributed by atoms with Crippen molar-refractivity contribution < 1.29 is 23.9 Å². The van der Waals surface area contributed by atoms with Crippen molar-refractivity contribution in [3.8, 4) is 5.69 Å². The van der Waals surface area contributed by atoms with Crippen molar-refractivity contribution in [2.24, 2.45) is 0 Å². The summed E-state index contributed by atoms with van der Waals surface area (Å²) in [4.78, 5) is 34.8. The number of benzene rings is 1. The lowest BCUT2D eigenvalue weighted by atomic mass is 10.2. The number of alkyl carbamates (subject to hydrolysis) is 1. The number of carbonyl (C=O) groups excluding carboxylic acids is 3. The zero-order valence-electron chi connectivity index (χ0n) is 14.5. The maximum atomic E-state index is 12.1. The highest BCUT2D eigenvalue weighted by Crippen LogP contribution is 2.17. The summed E-state index contributed by atoms with van der Waals surface area (Å²) in [6.45, 7) is 5.37. The van der Waals surface area contributed by atoms with Crippen LogP contribution in [-0.2, 0) is 14.3 Å². The van der Waals surface area contributed by atoms with E-state index in [-0.39, 0.29) is 0 Å². The third-order valence-electron chi connectivity index (χ3n) is 3.70. The van der Waals surface area contributed by atoms with Crippen LogP contribution in [0.2, 0.25) is 0 Å². The van der Waals surface area contributed by atoms with E-state index in [1.54, 1.807) is 24.3 Å². The number of ether oxygens (including phenoxy) is 2. The molecule has 2 rings (SSSR count). The first kappa shape index (κ1) is 18.3. The van der Waals surface area contributed by atoms with Gasteiger partial charge in [0.1, 0.15) is 0 Å². The Bertz CT molecular complexity index is 773. The van der Waals surface area contributed by atoms with E-state index in [1.807, 2.05) is 31.3 Å². The van der Waals surface area contributed by atoms with E-state index in [4.69, 9.17) is 4.74 Å². The standard InChI is InChI=1S/C18H20N2O5/c1-11-5-6-12(2)20(11)15-9-7-14(8-10-15)17(22)25-13(3)16(21)19-18(23)24-4/h5-10,13H,1-4H3,(H,19,21,23)/t13-/m1/s1. The van der Waals surface area contributed by atoms with Crippen LogP contribution < -0.4 is 5.32 Å². The van der Waals surface area contributed by atoms with Crippen molar-refractivity contribution in [2.45, 2.75) is 26.9 Å². The van der Waals surface area contributed by atoms with Crippen LogP contribution in [0.15, 0.2) is 36.4 Å². The van der Waals surface area contributed by atoms with Gasteiger partial charge < -0.3 is 14.0 Å². The van der Waals surface area contributed by atoms with Crippen LogP contribution in [0, 0.1) is 13.8 Å². The van der Waals surface area contributed by atoms with Gasteiger partial charge in [-0.05, 0) is 57.2 Å². The molecular formula is C18H20N2O5. The van der Waals surface area contributed by atoms with Crippen molar-refractivity contribution in [3.05, 3.63) is 53.3 Å². The molecule has 0 bridgehead atoms. The first-order valence-electron chi connectivity index (χ1n) is 7.68. The molecule has 2 amide bonds. The monoisotopic (exact) mass is 344 g/mol. The Labute approximate surface area is 145 Å². The maximum Gasteiger partial charge on any atom is 0.413 e. The second kappa shape index (κ2) is 7.65. The van der Waals surface area contributed by atoms with Crippen molar-refractivity contribution in [1.29, 1.82) is 0 Å². The van der Waals surface area contributed by atoms with Crippen LogP contribution >= 0.6 is 0 Å². The highest BCUT2D eigenvalue weighted by Gasteiger charge is 2.21. The molecule has 1 N–H and O–H groups in total. The Hall–Kier alpha value is -3.09. The molecule has 1 heterocycles. The second-order valence-corrected chi connectivity index (χ2v) is 5.53. The Morgan fingerprint density at radius 3 is 2.08 bits per heavy atom. The number of esters is 1. The molecule has 0 aliphatic carbocycles. The van der Waals surface area contributed by atoms with Crippen LogP contribution in [0.1, 0.15) is 28.7 Å². The smallest absolute Gasteiger partial charge is 0.413 e. The molecule has 0 saturated carbocycles. The fourth-order valence-electron chi connectivity index (χ4n) is 2.36. The Morgan fingerprint density at radius 2 is 1.56 bits per heavy atom. The van der Waals surface area contributed by atoms with Gasteiger partial charge in [0, 0.05) is 17.1 Å². The minimum atomic E-state index is -1.12. The Morgan fingerprint density at radius 1 is 1.00 bits per heavy atom. The van der Waals surface area contributed by atoms with Gasteiger partial charge in [-0.25, -0.2) is 9.59 Å². The summed E-state index contributed by atoms with van der Waals surface area (Å²) in [6, 6.07) is 10.9. The van der Waals surface area contributed by atoms with Gasteiger partial charge in [0.25, 0.3) is 5.91 Å². The zero-order chi connectivity index (χ0) is 18.6. The molecule has 25 heavy (non-hydrogen) atoms. The molecule has 0 fully saturated rings. The SMILES string of the molecule is COC(=O)NC(=O)[C@@H](C)OC(=O)c1ccc(-n2c(C)ccc2C)cc1. The largest absolute Gasteiger partial charge is 0.453 e. The van der Waals surface area contributed by atoms with E-state index >= 15 is 0 Å². The van der Waals surface area contributed by atoms with Gasteiger partial charge in [0.15, 0.2) is 6.10 Å². The molecule has 1 atom stereocenters. The minimum Gasteiger partial charge on any atom is -0.453 e. The van der Waals surface area contributed by atoms with Crippen molar-refractivity contribution in [3.63, 3.8) is 0 Å². The molecule has 0 radical (unpaired) electrons. The Balaban J connectivity index is 2.06. The number of rotatable bonds is 4. The highest BCUT2D eigenvalue weighted by molar-refractivity contribution is 5.97. The average Bonchev–Trinajstić information content (AvgIpc) is 2.93. The summed E-state index contributed by atoms with van der Waals surface area (Å²) in [5.41, 5.74) is 3.40. The molecule has 0 aliphatic rings. The zero-order valence-corrected chi connectivity index (χ0v) is 14.5. The first-order chi connectivity index (χ1) is 11.8. The third-order valence-corrected chi connectivity index (χ3v) is 3.70. The molecule has 2 aromatic rings. The summed E-state index contributed by atoms with van der Waals surface area (Å²) >= 11 is 0. The predicted molar refractivity (Wildman–Crippen MR) is 90.7 cm³/mol. The van der Waals surface area contributed by atoms with Gasteiger partial charge in [-0.1, -0.05) is 0 Å². The number of aromatic nitrogens is 1. The van der Waals surface area contributed by atoms with Gasteiger partial charge in [-0.3, -0.25) is 10.1 Å². The molecule has 7 heteroatoms. The molecule has 0 saturated heterocycles. The average molecular weight is 344 g/mol. The topological polar surface area (TPSA) is 86.6 Å². The molecule has 7 nitrogen and oxygen atoms in total. The van der Waals surface area contributed by atoms with E-state index in [1.165, 1.54) is 6.92 Å². The van der Waals surface area contributed by atoms with Gasteiger partial charge in [-0.15, -0.1) is 0 Å². The van der Waals surface area contributed by atoms with Gasteiger partial charge >= 0.3 is 12.1 Å². The van der Waals surface area contributed by atoms with Gasteiger partial charge in [0.2, 0.25) is 0 Å². The van der Waals surface area contributed by atoms with Crippen LogP contribution in [-0.4, -0.2) is 35.8 Å². The number of aryl methyl sites for hydroxylation is 2. The van der Waals surface area contributed by atoms with E-state index in [0.29, 0.717) is 5.56 Å². The van der Waals surface area contributed by atoms with Crippen molar-refractivity contribution in [2.75, 3.05) is 7.11 Å². The van der Waals surface area contributed by atoms with Crippen LogP contribution in [0.25, 0.3) is 5.69 Å². The highest BCUT2D eigenvalue weighted by atomic mass is 16.6. The quantitative estimate of drug-likeness (QED) is 0.861. The molecule has 132 valence electrons. The molecular weight excluding hydrogens is 324 g/mol. The fraction of sp³-hybridized carbons (Fsp3) is 0.278. The molecule has 0 unspecified atom stereocenters. The summed E-state index contributed by atoms with van der Waals surface area (Å²) in [6.07, 6.45) is -2.03. The lowest BCUT2D eigenvalue weighted by Gasteiger charge is -2.13. The number of hydrogen-bond acceptors (Lipinski definition) is 5. The van der Waals surface area contributed by atoms with Crippen LogP contribution in [0.4, 0.5) is 4.79 Å². The molecule has 1 aromatic heterocycles. The lowest BCUT2D eigenvalue weighted by Crippen LogP contribution is -2.39. The number of amides is 2. The van der Waals surface area contributed by atoms with Crippen LogP contribution in [0.5, 0.6) is 0 Å². The van der Waals surface area contributed by atoms with Crippen molar-refractivity contribution in [1.82, 2.24) is 9.88 Å². The van der Waals surface area contributed by atoms with Crippen LogP contribution in [0.3, 0.4) is 0 Å². The van der Waals surface area contributed by atoms with E-state index < -0.39 is 24.1 Å². The van der Waals surface area contributed by atoms with Crippen molar-refractivity contribution >= 4 is 18.0 Å². The summed E-state index contributed by atoms with van der Waals surface area (Å²) < 4.78 is 11.4. The van der Waals surface area contributed by atoms with E-state index in [9.17, 15) is 14.4 Å². The third kappa shape index (κ3) is 4.26. The number of nitrogens with one attached hydrogen (secondary N) is 1. The predicted octanol–water partition coefficient (Wildman–Crippen LogP) is 2.52. The number of imide groups is 1. The summed E-state index contributed by atoms with van der Waals surface area (Å²) in [7, 11) is 1.13. The lowest BCUT2D eigenvalue weighted by molar-refractivity contribution is -0.128. The van der Waals surface area contributed by atoms with Gasteiger partial charge in [-0.2, -0.15) is 0 Å². The maximum absolute atomic E-state index is 12.1. The summed E-state index contributed by atoms with van der Waals surface area (Å²) in [5.74, 6) is -1.41. The molecule has 0 spiro atoms. The normalized spacial score (nSPS) is 11.5. The minimum absolute atomic E-state index is 0.309. The number of hydrogen-bond donors (Lipinski definition) is 1. The summed E-state index contributed by atoms with van der Waals surface area (Å²) in [5, 5.41) is 1.95. The fourth-order valence-corrected chi connectivity index (χ4v) is 2.36. The number of carbonyl (C=O) groups is 3. The first-order valence-corrected chi connectivity index (χ1v) is 7.68. The molecule has 1 aromatic carbocycles. The van der Waals surface area contributed by atoms with E-state index in [0.717, 1.165) is 24.2 Å². The number of methoxy groups -OCH3 is 1.